The molecule has 0 bridgehead atoms. The number of hydrogen-bond donors (Lipinski definition) is 2. The van der Waals surface area contributed by atoms with Gasteiger partial charge in [0.1, 0.15) is 6.54 Å². The molecule has 4 rings (SSSR count). The van der Waals surface area contributed by atoms with Crippen LogP contribution in [0.25, 0.3) is 5.65 Å². The predicted octanol–water partition coefficient (Wildman–Crippen LogP) is 2.92. The fourth-order valence-corrected chi connectivity index (χ4v) is 3.68. The highest BCUT2D eigenvalue weighted by Gasteiger charge is 2.18. The molecule has 0 unspecified atom stereocenters. The van der Waals surface area contributed by atoms with Crippen molar-refractivity contribution in [1.82, 2.24) is 19.2 Å². The van der Waals surface area contributed by atoms with Crippen LogP contribution in [0.15, 0.2) is 47.3 Å². The van der Waals surface area contributed by atoms with E-state index in [1.165, 1.54) is 25.7 Å². The quantitative estimate of drug-likeness (QED) is 0.397. The van der Waals surface area contributed by atoms with Crippen molar-refractivity contribution in [3.05, 3.63) is 64.2 Å². The highest BCUT2D eigenvalue weighted by atomic mass is 16.5. The van der Waals surface area contributed by atoms with Crippen molar-refractivity contribution in [2.75, 3.05) is 32.0 Å². The van der Waals surface area contributed by atoms with Crippen LogP contribution >= 0.6 is 0 Å². The number of amides is 1. The minimum absolute atomic E-state index is 0.305. The molecule has 0 fully saturated rings. The second-order valence-corrected chi connectivity index (χ2v) is 7.81. The van der Waals surface area contributed by atoms with Gasteiger partial charge in [0, 0.05) is 35.3 Å². The summed E-state index contributed by atoms with van der Waals surface area (Å²) in [6, 6.07) is 12.6. The van der Waals surface area contributed by atoms with E-state index in [-0.39, 0.29) is 6.54 Å². The Morgan fingerprint density at radius 1 is 0.971 bits per heavy atom. The van der Waals surface area contributed by atoms with Gasteiger partial charge in [-0.3, -0.25) is 4.79 Å². The van der Waals surface area contributed by atoms with Gasteiger partial charge in [-0.2, -0.15) is 0 Å². The standard InChI is InChI=1S/C24H26N6O5/c1-14-7-6-8-16(9-14)27-23-25-15(2)10-20-28-29(24(32)30(20)23)13-21(31)26-17-11-18(33-3)22(35-5)19(12-17)34-4/h6-12H,13H2,1-5H3,(H,25,27)(H,26,31). The van der Waals surface area contributed by atoms with Gasteiger partial charge in [0.05, 0.1) is 21.3 Å². The Kier molecular flexibility index (Phi) is 6.58. The largest absolute Gasteiger partial charge is 0.493 e. The van der Waals surface area contributed by atoms with E-state index in [1.54, 1.807) is 18.2 Å². The first-order chi connectivity index (χ1) is 16.8. The van der Waals surface area contributed by atoms with Crippen LogP contribution in [0.5, 0.6) is 17.2 Å². The Bertz CT molecular complexity index is 1430. The highest BCUT2D eigenvalue weighted by molar-refractivity contribution is 5.91. The summed E-state index contributed by atoms with van der Waals surface area (Å²) in [6.45, 7) is 3.48. The summed E-state index contributed by atoms with van der Waals surface area (Å²) in [5.41, 5.74) is 2.81. The lowest BCUT2D eigenvalue weighted by Crippen LogP contribution is -2.29. The Morgan fingerprint density at radius 3 is 2.31 bits per heavy atom. The highest BCUT2D eigenvalue weighted by Crippen LogP contribution is 2.39. The molecule has 0 spiro atoms. The number of carbonyl (C=O) groups excluding carboxylic acids is 1. The fraction of sp³-hybridized carbons (Fsp3) is 0.250. The molecule has 0 saturated carbocycles. The number of nitrogens with zero attached hydrogens (tertiary/aromatic N) is 4. The Balaban J connectivity index is 1.62. The number of aromatic nitrogens is 4. The van der Waals surface area contributed by atoms with E-state index in [0.29, 0.717) is 40.2 Å². The number of benzene rings is 2. The molecule has 11 heteroatoms. The fourth-order valence-electron chi connectivity index (χ4n) is 3.68. The zero-order chi connectivity index (χ0) is 25.1. The Labute approximate surface area is 201 Å². The summed E-state index contributed by atoms with van der Waals surface area (Å²) in [6.07, 6.45) is 0. The van der Waals surface area contributed by atoms with E-state index >= 15 is 0 Å². The molecule has 0 aliphatic heterocycles. The van der Waals surface area contributed by atoms with Crippen molar-refractivity contribution in [2.24, 2.45) is 0 Å². The van der Waals surface area contributed by atoms with Crippen LogP contribution in [0.4, 0.5) is 17.3 Å². The molecule has 0 aliphatic rings. The van der Waals surface area contributed by atoms with E-state index in [4.69, 9.17) is 14.2 Å². The van der Waals surface area contributed by atoms with E-state index in [1.807, 2.05) is 38.1 Å². The number of nitrogens with one attached hydrogen (secondary N) is 2. The lowest BCUT2D eigenvalue weighted by atomic mass is 10.2. The number of aryl methyl sites for hydroxylation is 2. The maximum Gasteiger partial charge on any atom is 0.353 e. The number of anilines is 3. The van der Waals surface area contributed by atoms with Crippen LogP contribution in [0.1, 0.15) is 11.3 Å². The van der Waals surface area contributed by atoms with Gasteiger partial charge in [-0.05, 0) is 31.5 Å². The number of fused-ring (bicyclic) bond motifs is 1. The second-order valence-electron chi connectivity index (χ2n) is 7.81. The molecular weight excluding hydrogens is 452 g/mol. The zero-order valence-corrected chi connectivity index (χ0v) is 20.1. The molecule has 2 heterocycles. The average Bonchev–Trinajstić information content (AvgIpc) is 3.12. The molecule has 2 aromatic heterocycles. The minimum atomic E-state index is -0.498. The summed E-state index contributed by atoms with van der Waals surface area (Å²) in [4.78, 5) is 30.4. The smallest absolute Gasteiger partial charge is 0.353 e. The van der Waals surface area contributed by atoms with Crippen molar-refractivity contribution in [1.29, 1.82) is 0 Å². The number of rotatable bonds is 8. The molecule has 1 amide bonds. The van der Waals surface area contributed by atoms with Gasteiger partial charge < -0.3 is 24.8 Å². The zero-order valence-electron chi connectivity index (χ0n) is 20.1. The first kappa shape index (κ1) is 23.6. The van der Waals surface area contributed by atoms with Crippen molar-refractivity contribution in [2.45, 2.75) is 20.4 Å². The van der Waals surface area contributed by atoms with Crippen LogP contribution in [0.3, 0.4) is 0 Å². The summed E-state index contributed by atoms with van der Waals surface area (Å²) >= 11 is 0. The number of hydrogen-bond acceptors (Lipinski definition) is 8. The van der Waals surface area contributed by atoms with Crippen LogP contribution in [0.2, 0.25) is 0 Å². The third-order valence-electron chi connectivity index (χ3n) is 5.21. The van der Waals surface area contributed by atoms with Crippen LogP contribution in [-0.2, 0) is 11.3 Å². The predicted molar refractivity (Wildman–Crippen MR) is 131 cm³/mol. The molecule has 0 atom stereocenters. The van der Waals surface area contributed by atoms with Crippen LogP contribution in [-0.4, -0.2) is 46.4 Å². The molecular formula is C24H26N6O5. The first-order valence-corrected chi connectivity index (χ1v) is 10.7. The Morgan fingerprint density at radius 2 is 1.69 bits per heavy atom. The van der Waals surface area contributed by atoms with Crippen molar-refractivity contribution < 1.29 is 19.0 Å². The van der Waals surface area contributed by atoms with Crippen molar-refractivity contribution >= 4 is 28.9 Å². The minimum Gasteiger partial charge on any atom is -0.493 e. The van der Waals surface area contributed by atoms with Gasteiger partial charge >= 0.3 is 5.69 Å². The van der Waals surface area contributed by atoms with Crippen molar-refractivity contribution in [3.8, 4) is 17.2 Å². The number of carbonyl (C=O) groups is 1. The molecule has 35 heavy (non-hydrogen) atoms. The van der Waals surface area contributed by atoms with Gasteiger partial charge in [0.2, 0.25) is 17.6 Å². The van der Waals surface area contributed by atoms with Gasteiger partial charge in [0.15, 0.2) is 17.1 Å². The van der Waals surface area contributed by atoms with E-state index in [0.717, 1.165) is 15.9 Å². The third kappa shape index (κ3) is 4.88. The normalized spacial score (nSPS) is 10.8. The molecule has 2 aromatic carbocycles. The van der Waals surface area contributed by atoms with Crippen LogP contribution < -0.4 is 30.5 Å². The summed E-state index contributed by atoms with van der Waals surface area (Å²) < 4.78 is 18.4. The lowest BCUT2D eigenvalue weighted by Gasteiger charge is -2.14. The summed E-state index contributed by atoms with van der Waals surface area (Å²) in [7, 11) is 4.46. The van der Waals surface area contributed by atoms with E-state index in [2.05, 4.69) is 20.7 Å². The molecule has 4 aromatic rings. The molecule has 182 valence electrons. The molecule has 0 aliphatic carbocycles. The average molecular weight is 479 g/mol. The molecule has 2 N–H and O–H groups in total. The summed E-state index contributed by atoms with van der Waals surface area (Å²) in [5, 5.41) is 10.2. The maximum absolute atomic E-state index is 13.1. The topological polar surface area (TPSA) is 121 Å². The van der Waals surface area contributed by atoms with Gasteiger partial charge in [0.25, 0.3) is 0 Å². The second kappa shape index (κ2) is 9.75. The van der Waals surface area contributed by atoms with E-state index < -0.39 is 11.6 Å². The number of ether oxygens (including phenoxy) is 3. The maximum atomic E-state index is 13.1. The molecule has 0 saturated heterocycles. The molecule has 0 radical (unpaired) electrons. The summed E-state index contributed by atoms with van der Waals surface area (Å²) in [5.74, 6) is 1.04. The molecule has 11 nitrogen and oxygen atoms in total. The Hall–Kier alpha value is -4.54. The van der Waals surface area contributed by atoms with Gasteiger partial charge in [-0.1, -0.05) is 12.1 Å². The van der Waals surface area contributed by atoms with Crippen molar-refractivity contribution in [3.63, 3.8) is 0 Å². The van der Waals surface area contributed by atoms with Gasteiger partial charge in [-0.15, -0.1) is 5.10 Å². The van der Waals surface area contributed by atoms with E-state index in [9.17, 15) is 9.59 Å². The monoisotopic (exact) mass is 478 g/mol. The van der Waals surface area contributed by atoms with Crippen LogP contribution in [0, 0.1) is 13.8 Å². The lowest BCUT2D eigenvalue weighted by molar-refractivity contribution is -0.117. The third-order valence-corrected chi connectivity index (χ3v) is 5.21. The van der Waals surface area contributed by atoms with Gasteiger partial charge in [-0.25, -0.2) is 18.9 Å². The number of methoxy groups -OCH3 is 3. The SMILES string of the molecule is COc1cc(NC(=O)Cn2nc3cc(C)nc(Nc4cccc(C)c4)n3c2=O)cc(OC)c1OC. The first-order valence-electron chi connectivity index (χ1n) is 10.7.